The molecule has 2 unspecified atom stereocenters. The maximum absolute atomic E-state index is 13.2. The lowest BCUT2D eigenvalue weighted by molar-refractivity contribution is -0.188. The number of sulfonamides is 2. The van der Waals surface area contributed by atoms with Crippen LogP contribution in [-0.2, 0) is 40.5 Å². The first-order valence-electron chi connectivity index (χ1n) is 28.8. The molecule has 93 heavy (non-hydrogen) atoms. The topological polar surface area (TPSA) is 328 Å². The van der Waals surface area contributed by atoms with E-state index in [2.05, 4.69) is 50.5 Å². The van der Waals surface area contributed by atoms with Gasteiger partial charge in [-0.1, -0.05) is 76.9 Å². The Labute approximate surface area is 544 Å². The number of carbonyl (C=O) groups is 4. The van der Waals surface area contributed by atoms with Crippen LogP contribution in [0, 0.1) is 11.8 Å². The fourth-order valence-electron chi connectivity index (χ4n) is 10.5. The number of nitrogens with zero attached hydrogens (tertiary/aromatic N) is 10. The standard InChI is InChI=1S/C30H35ClF3N7O4S.C20H25F3N6O3S.C10H12ClNO2/c1-28(2,3)22-12-10-20(25(31)38-22)26(42)40-46(44,45)24-8-6-7-23(39-24)37-21(19-14-35-17-36-15-19)11-9-18-13-29(4,5)41(16-18)27(43)30(32,33)34;1-19(2)8-13(11-29(19)18(30)20(21,22)23)6-7-15(14-9-25-12-26-10-14)27-16-4-3-5-17(28-16)33(24,31)32;1-10(2,3)7-5-4-6(9(13)14)8(11)12-7/h6-8,10,12,14-15,17-18,21H,9,11,13,16H2,1-5H3,(H,37,39)(H,40,42);3-5,9-10,12-13,15H,6-8,11H2,1-2H3,(H,27,28)(H2,24,31,32);4-5H,1-3H3,(H,13,14)/t18-,21?;13-,15?;/m00./s1. The molecule has 6 aromatic rings. The lowest BCUT2D eigenvalue weighted by atomic mass is 9.91. The van der Waals surface area contributed by atoms with Gasteiger partial charge in [-0.15, -0.1) is 0 Å². The smallest absolute Gasteiger partial charge is 0.471 e. The van der Waals surface area contributed by atoms with Crippen molar-refractivity contribution in [2.24, 2.45) is 17.0 Å². The number of likely N-dealkylation sites (tertiary alicyclic amines) is 2. The van der Waals surface area contributed by atoms with E-state index in [4.69, 9.17) is 33.4 Å². The van der Waals surface area contributed by atoms with Gasteiger partial charge in [0.1, 0.15) is 34.6 Å². The van der Waals surface area contributed by atoms with Crippen molar-refractivity contribution in [2.45, 2.75) is 164 Å². The Morgan fingerprint density at radius 2 is 0.978 bits per heavy atom. The molecular formula is C60H72Cl2F6N14O9S2. The molecule has 4 atom stereocenters. The summed E-state index contributed by atoms with van der Waals surface area (Å²) in [6.45, 7) is 18.2. The lowest BCUT2D eigenvalue weighted by Crippen LogP contribution is -2.48. The molecule has 6 N–H and O–H groups in total. The highest BCUT2D eigenvalue weighted by atomic mass is 35.5. The Bertz CT molecular complexity index is 3890. The van der Waals surface area contributed by atoms with Crippen molar-refractivity contribution < 1.29 is 67.5 Å². The average Bonchev–Trinajstić information content (AvgIpc) is 1.72. The van der Waals surface area contributed by atoms with Gasteiger partial charge < -0.3 is 25.5 Å². The lowest BCUT2D eigenvalue weighted by Gasteiger charge is -2.31. The first-order chi connectivity index (χ1) is 42.9. The summed E-state index contributed by atoms with van der Waals surface area (Å²) < 4.78 is 130. The second-order valence-electron chi connectivity index (χ2n) is 25.6. The van der Waals surface area contributed by atoms with Crippen molar-refractivity contribution in [3.05, 3.63) is 142 Å². The minimum atomic E-state index is -4.96. The zero-order chi connectivity index (χ0) is 69.5. The van der Waals surface area contributed by atoms with Gasteiger partial charge in [-0.25, -0.2) is 62.9 Å². The summed E-state index contributed by atoms with van der Waals surface area (Å²) in [5.41, 5.74) is 0.301. The van der Waals surface area contributed by atoms with Crippen LogP contribution in [0.25, 0.3) is 0 Å². The minimum absolute atomic E-state index is 0.00249. The highest BCUT2D eigenvalue weighted by molar-refractivity contribution is 7.90. The minimum Gasteiger partial charge on any atom is -0.478 e. The molecule has 2 saturated heterocycles. The molecule has 23 nitrogen and oxygen atoms in total. The summed E-state index contributed by atoms with van der Waals surface area (Å²) in [7, 11) is -8.44. The number of carboxylic acid groups (broad SMARTS) is 1. The van der Waals surface area contributed by atoms with Crippen LogP contribution in [-0.4, -0.2) is 132 Å². The van der Waals surface area contributed by atoms with E-state index in [9.17, 15) is 62.4 Å². The maximum Gasteiger partial charge on any atom is 0.471 e. The van der Waals surface area contributed by atoms with Crippen molar-refractivity contribution in [1.82, 2.24) is 54.4 Å². The number of carbonyl (C=O) groups excluding carboxylic acids is 3. The van der Waals surface area contributed by atoms with Crippen LogP contribution in [0.2, 0.25) is 10.3 Å². The average molecular weight is 1380 g/mol. The Morgan fingerprint density at radius 1 is 0.602 bits per heavy atom. The maximum atomic E-state index is 13.2. The Hall–Kier alpha value is -7.74. The molecule has 33 heteroatoms. The second kappa shape index (κ2) is 29.3. The highest BCUT2D eigenvalue weighted by Gasteiger charge is 2.52. The third-order valence-corrected chi connectivity index (χ3v) is 17.8. The van der Waals surface area contributed by atoms with Gasteiger partial charge in [-0.2, -0.15) is 34.8 Å². The molecule has 0 radical (unpaired) electrons. The predicted octanol–water partition coefficient (Wildman–Crippen LogP) is 10.8. The fourth-order valence-corrected chi connectivity index (χ4v) is 12.4. The van der Waals surface area contributed by atoms with E-state index in [1.165, 1.54) is 55.1 Å². The van der Waals surface area contributed by atoms with Crippen molar-refractivity contribution in [2.75, 3.05) is 23.7 Å². The summed E-state index contributed by atoms with van der Waals surface area (Å²) in [5, 5.41) is 19.4. The van der Waals surface area contributed by atoms with Gasteiger partial charge in [-0.05, 0) is 127 Å². The Kier molecular flexibility index (Phi) is 23.4. The van der Waals surface area contributed by atoms with E-state index < -0.39 is 84.3 Å². The molecular weight excluding hydrogens is 1310 g/mol. The number of halogens is 8. The molecule has 0 spiro atoms. The number of nitrogens with two attached hydrogens (primary N) is 1. The van der Waals surface area contributed by atoms with Crippen LogP contribution in [0.15, 0.2) is 108 Å². The molecule has 0 bridgehead atoms. The Balaban J connectivity index is 0.000000252. The van der Waals surface area contributed by atoms with Gasteiger partial charge in [0.15, 0.2) is 10.1 Å². The number of hydrogen-bond donors (Lipinski definition) is 5. The second-order valence-corrected chi connectivity index (χ2v) is 29.4. The third-order valence-electron chi connectivity index (χ3n) is 15.2. The first-order valence-corrected chi connectivity index (χ1v) is 32.6. The summed E-state index contributed by atoms with van der Waals surface area (Å²) >= 11 is 11.9. The number of nitrogens with one attached hydrogen (secondary N) is 3. The zero-order valence-corrected chi connectivity index (χ0v) is 55.5. The van der Waals surface area contributed by atoms with Gasteiger partial charge in [0, 0.05) is 82.3 Å². The summed E-state index contributed by atoms with van der Waals surface area (Å²) in [4.78, 5) is 81.8. The molecule has 0 saturated carbocycles. The Morgan fingerprint density at radius 3 is 1.33 bits per heavy atom. The van der Waals surface area contributed by atoms with E-state index in [0.29, 0.717) is 55.3 Å². The van der Waals surface area contributed by atoms with Crippen LogP contribution >= 0.6 is 23.2 Å². The number of anilines is 2. The van der Waals surface area contributed by atoms with Gasteiger partial charge >= 0.3 is 30.1 Å². The predicted molar refractivity (Wildman–Crippen MR) is 333 cm³/mol. The summed E-state index contributed by atoms with van der Waals surface area (Å²) in [5.74, 6) is -5.67. The summed E-state index contributed by atoms with van der Waals surface area (Å²) in [6.07, 6.45) is 1.71. The SMILES string of the molecule is CC(C)(C)c1ccc(C(=O)NS(=O)(=O)c2cccc(NC(CC[C@@H]3CN(C(=O)C(F)(F)F)C(C)(C)C3)c3cncnc3)n2)c(Cl)n1.CC(C)(C)c1ccc(C(=O)O)c(Cl)n1.CC1(C)C[C@H](CCC(Nc2cccc(S(N)(=O)=O)n2)c2cncnc2)CN1C(=O)C(F)(F)F. The molecule has 3 amide bonds. The number of aromatic carboxylic acids is 1. The van der Waals surface area contributed by atoms with Gasteiger partial charge in [0.05, 0.1) is 23.2 Å². The molecule has 2 fully saturated rings. The number of aromatic nitrogens is 8. The van der Waals surface area contributed by atoms with Crippen molar-refractivity contribution in [3.63, 3.8) is 0 Å². The molecule has 2 aliphatic rings. The van der Waals surface area contributed by atoms with E-state index in [1.807, 2.05) is 46.3 Å². The normalized spacial score (nSPS) is 17.2. The van der Waals surface area contributed by atoms with Crippen LogP contribution in [0.5, 0.6) is 0 Å². The van der Waals surface area contributed by atoms with Crippen molar-refractivity contribution >= 4 is 78.6 Å². The number of alkyl halides is 6. The molecule has 0 aromatic carbocycles. The molecule has 6 aromatic heterocycles. The molecule has 8 heterocycles. The number of carboxylic acids is 1. The first kappa shape index (κ1) is 74.3. The van der Waals surface area contributed by atoms with Gasteiger partial charge in [0.2, 0.25) is 0 Å². The quantitative estimate of drug-likeness (QED) is 0.0418. The molecule has 2 aliphatic heterocycles. The van der Waals surface area contributed by atoms with Crippen LogP contribution in [0.1, 0.15) is 163 Å². The van der Waals surface area contributed by atoms with E-state index >= 15 is 0 Å². The van der Waals surface area contributed by atoms with E-state index in [1.54, 1.807) is 70.7 Å². The van der Waals surface area contributed by atoms with Crippen molar-refractivity contribution in [3.8, 4) is 0 Å². The van der Waals surface area contributed by atoms with Crippen molar-refractivity contribution in [1.29, 1.82) is 0 Å². The largest absolute Gasteiger partial charge is 0.478 e. The number of amides is 3. The zero-order valence-electron chi connectivity index (χ0n) is 52.3. The molecule has 0 aliphatic carbocycles. The van der Waals surface area contributed by atoms with Gasteiger partial charge in [-0.3, -0.25) is 14.4 Å². The van der Waals surface area contributed by atoms with E-state index in [-0.39, 0.29) is 73.9 Å². The number of primary sulfonamides is 1. The fraction of sp³-hybridized carbons (Fsp3) is 0.467. The monoisotopic (exact) mass is 1380 g/mol. The number of hydrogen-bond acceptors (Lipinski definition) is 18. The van der Waals surface area contributed by atoms with Crippen LogP contribution in [0.4, 0.5) is 38.0 Å². The van der Waals surface area contributed by atoms with Gasteiger partial charge in [0.25, 0.3) is 26.0 Å². The number of pyridine rings is 4. The molecule has 8 rings (SSSR count). The third kappa shape index (κ3) is 20.4. The van der Waals surface area contributed by atoms with E-state index in [0.717, 1.165) is 15.5 Å². The molecule has 504 valence electrons. The van der Waals surface area contributed by atoms with Crippen LogP contribution < -0.4 is 20.5 Å². The highest BCUT2D eigenvalue weighted by Crippen LogP contribution is 2.41. The number of rotatable bonds is 17. The summed E-state index contributed by atoms with van der Waals surface area (Å²) in [6, 6.07) is 13.8. The van der Waals surface area contributed by atoms with Crippen LogP contribution in [0.3, 0.4) is 0 Å².